The molecule has 2 heteroatoms. The number of aryl methyl sites for hydroxylation is 1. The molecule has 2 aromatic carbocycles. The lowest BCUT2D eigenvalue weighted by Gasteiger charge is -2.34. The zero-order valence-corrected chi connectivity index (χ0v) is 13.3. The number of amides is 1. The van der Waals surface area contributed by atoms with E-state index in [-0.39, 0.29) is 11.8 Å². The van der Waals surface area contributed by atoms with Gasteiger partial charge in [-0.2, -0.15) is 0 Å². The van der Waals surface area contributed by atoms with Crippen LogP contribution in [0.2, 0.25) is 0 Å². The molecule has 22 heavy (non-hydrogen) atoms. The van der Waals surface area contributed by atoms with E-state index in [1.165, 1.54) is 11.1 Å². The van der Waals surface area contributed by atoms with E-state index in [1.807, 2.05) is 42.2 Å². The molecular formula is C20H21NO. The lowest BCUT2D eigenvalue weighted by Crippen LogP contribution is -2.38. The molecule has 2 nitrogen and oxygen atoms in total. The fraction of sp³-hybridized carbons (Fsp3) is 0.250. The van der Waals surface area contributed by atoms with Crippen molar-refractivity contribution in [3.8, 4) is 0 Å². The predicted octanol–water partition coefficient (Wildman–Crippen LogP) is 4.80. The fourth-order valence-corrected chi connectivity index (χ4v) is 3.09. The summed E-state index contributed by atoms with van der Waals surface area (Å²) >= 11 is 0. The van der Waals surface area contributed by atoms with Crippen molar-refractivity contribution < 1.29 is 4.79 Å². The molecule has 0 aromatic heterocycles. The normalized spacial score (nSPS) is 18.8. The summed E-state index contributed by atoms with van der Waals surface area (Å²) in [6.45, 7) is 6.20. The van der Waals surface area contributed by atoms with Gasteiger partial charge in [-0.15, -0.1) is 0 Å². The van der Waals surface area contributed by atoms with Crippen LogP contribution in [-0.4, -0.2) is 5.91 Å². The summed E-state index contributed by atoms with van der Waals surface area (Å²) in [5, 5.41) is 0. The molecule has 1 atom stereocenters. The third-order valence-corrected chi connectivity index (χ3v) is 4.22. The minimum atomic E-state index is 0.0220. The van der Waals surface area contributed by atoms with Crippen LogP contribution < -0.4 is 4.90 Å². The quantitative estimate of drug-likeness (QED) is 0.778. The highest BCUT2D eigenvalue weighted by atomic mass is 16.2. The first-order valence-electron chi connectivity index (χ1n) is 7.73. The molecule has 3 rings (SSSR count). The molecule has 112 valence electrons. The first-order chi connectivity index (χ1) is 10.6. The number of rotatable bonds is 2. The molecule has 0 saturated heterocycles. The van der Waals surface area contributed by atoms with Gasteiger partial charge in [0.05, 0.1) is 5.70 Å². The first-order valence-corrected chi connectivity index (χ1v) is 7.73. The van der Waals surface area contributed by atoms with Gasteiger partial charge < -0.3 is 0 Å². The van der Waals surface area contributed by atoms with Crippen molar-refractivity contribution in [1.82, 2.24) is 0 Å². The second kappa shape index (κ2) is 5.80. The largest absolute Gasteiger partial charge is 0.280 e. The Morgan fingerprint density at radius 1 is 0.955 bits per heavy atom. The van der Waals surface area contributed by atoms with Crippen LogP contribution in [-0.2, 0) is 4.79 Å². The molecule has 0 fully saturated rings. The second-order valence-electron chi connectivity index (χ2n) is 6.11. The molecule has 1 heterocycles. The van der Waals surface area contributed by atoms with E-state index in [0.29, 0.717) is 0 Å². The zero-order valence-electron chi connectivity index (χ0n) is 13.3. The van der Waals surface area contributed by atoms with Crippen molar-refractivity contribution >= 4 is 17.3 Å². The standard InChI is InChI=1S/C20H21NO/c1-14-9-11-18(12-10-14)21-19(17-7-5-4-6-8-17)15(2)13-16(3)20(21)22/h4-12,16H,13H2,1-3H3. The first kappa shape index (κ1) is 14.6. The number of hydrogen-bond donors (Lipinski definition) is 0. The third kappa shape index (κ3) is 2.57. The van der Waals surface area contributed by atoms with Crippen LogP contribution in [0.25, 0.3) is 5.70 Å². The molecule has 2 aromatic rings. The number of anilines is 1. The van der Waals surface area contributed by atoms with Crippen molar-refractivity contribution in [3.05, 3.63) is 71.3 Å². The number of nitrogens with zero attached hydrogens (tertiary/aromatic N) is 1. The number of carbonyl (C=O) groups excluding carboxylic acids is 1. The Labute approximate surface area is 132 Å². The lowest BCUT2D eigenvalue weighted by atomic mass is 9.90. The number of carbonyl (C=O) groups is 1. The summed E-state index contributed by atoms with van der Waals surface area (Å²) in [5.41, 5.74) is 5.54. The van der Waals surface area contributed by atoms with Gasteiger partial charge in [-0.1, -0.05) is 55.0 Å². The Balaban J connectivity index is 2.16. The van der Waals surface area contributed by atoms with Gasteiger partial charge in [0, 0.05) is 11.6 Å². The van der Waals surface area contributed by atoms with Gasteiger partial charge in [-0.25, -0.2) is 0 Å². The molecule has 1 amide bonds. The number of hydrogen-bond acceptors (Lipinski definition) is 1. The molecular weight excluding hydrogens is 270 g/mol. The predicted molar refractivity (Wildman–Crippen MR) is 91.5 cm³/mol. The maximum Gasteiger partial charge on any atom is 0.234 e. The Morgan fingerprint density at radius 3 is 2.23 bits per heavy atom. The molecule has 1 aliphatic heterocycles. The highest BCUT2D eigenvalue weighted by Crippen LogP contribution is 2.37. The van der Waals surface area contributed by atoms with Crippen LogP contribution >= 0.6 is 0 Å². The second-order valence-corrected chi connectivity index (χ2v) is 6.11. The summed E-state index contributed by atoms with van der Waals surface area (Å²) < 4.78 is 0. The molecule has 1 aliphatic rings. The van der Waals surface area contributed by atoms with Gasteiger partial charge in [-0.05, 0) is 43.5 Å². The summed E-state index contributed by atoms with van der Waals surface area (Å²) in [4.78, 5) is 14.7. The van der Waals surface area contributed by atoms with Gasteiger partial charge >= 0.3 is 0 Å². The summed E-state index contributed by atoms with van der Waals surface area (Å²) in [7, 11) is 0. The maximum absolute atomic E-state index is 12.8. The Bertz CT molecular complexity index is 713. The van der Waals surface area contributed by atoms with E-state index in [2.05, 4.69) is 38.1 Å². The summed E-state index contributed by atoms with van der Waals surface area (Å²) in [6.07, 6.45) is 0.825. The molecule has 0 aliphatic carbocycles. The molecule has 0 N–H and O–H groups in total. The van der Waals surface area contributed by atoms with Crippen molar-refractivity contribution in [2.24, 2.45) is 5.92 Å². The van der Waals surface area contributed by atoms with Crippen molar-refractivity contribution in [2.75, 3.05) is 4.90 Å². The Morgan fingerprint density at radius 2 is 1.59 bits per heavy atom. The van der Waals surface area contributed by atoms with E-state index in [1.54, 1.807) is 0 Å². The van der Waals surface area contributed by atoms with E-state index in [4.69, 9.17) is 0 Å². The van der Waals surface area contributed by atoms with Gasteiger partial charge in [-0.3, -0.25) is 9.69 Å². The SMILES string of the molecule is CC1=C(c2ccccc2)N(c2ccc(C)cc2)C(=O)C(C)C1. The topological polar surface area (TPSA) is 20.3 Å². The van der Waals surface area contributed by atoms with Crippen LogP contribution in [0.15, 0.2) is 60.2 Å². The van der Waals surface area contributed by atoms with E-state index >= 15 is 0 Å². The fourth-order valence-electron chi connectivity index (χ4n) is 3.09. The van der Waals surface area contributed by atoms with E-state index in [0.717, 1.165) is 23.4 Å². The van der Waals surface area contributed by atoms with Gasteiger partial charge in [0.15, 0.2) is 0 Å². The monoisotopic (exact) mass is 291 g/mol. The van der Waals surface area contributed by atoms with Crippen LogP contribution in [0.3, 0.4) is 0 Å². The van der Waals surface area contributed by atoms with Crippen LogP contribution in [0, 0.1) is 12.8 Å². The smallest absolute Gasteiger partial charge is 0.234 e. The number of allylic oxidation sites excluding steroid dienone is 1. The van der Waals surface area contributed by atoms with E-state index in [9.17, 15) is 4.79 Å². The van der Waals surface area contributed by atoms with Crippen molar-refractivity contribution in [3.63, 3.8) is 0 Å². The molecule has 1 unspecified atom stereocenters. The third-order valence-electron chi connectivity index (χ3n) is 4.22. The summed E-state index contributed by atoms with van der Waals surface area (Å²) in [6, 6.07) is 18.4. The van der Waals surface area contributed by atoms with Crippen LogP contribution in [0.1, 0.15) is 31.4 Å². The highest BCUT2D eigenvalue weighted by Gasteiger charge is 2.32. The Kier molecular flexibility index (Phi) is 3.84. The molecule has 0 bridgehead atoms. The van der Waals surface area contributed by atoms with Gasteiger partial charge in [0.2, 0.25) is 5.91 Å². The Hall–Kier alpha value is -2.35. The van der Waals surface area contributed by atoms with Gasteiger partial charge in [0.1, 0.15) is 0 Å². The van der Waals surface area contributed by atoms with Gasteiger partial charge in [0.25, 0.3) is 0 Å². The van der Waals surface area contributed by atoms with E-state index < -0.39 is 0 Å². The maximum atomic E-state index is 12.8. The number of benzene rings is 2. The molecule has 0 saturated carbocycles. The van der Waals surface area contributed by atoms with Crippen LogP contribution in [0.4, 0.5) is 5.69 Å². The average Bonchev–Trinajstić information content (AvgIpc) is 2.52. The lowest BCUT2D eigenvalue weighted by molar-refractivity contribution is -0.121. The minimum absolute atomic E-state index is 0.0220. The highest BCUT2D eigenvalue weighted by molar-refractivity contribution is 6.09. The average molecular weight is 291 g/mol. The van der Waals surface area contributed by atoms with Crippen molar-refractivity contribution in [1.29, 1.82) is 0 Å². The zero-order chi connectivity index (χ0) is 15.7. The molecule has 0 spiro atoms. The van der Waals surface area contributed by atoms with Crippen molar-refractivity contribution in [2.45, 2.75) is 27.2 Å². The summed E-state index contributed by atoms with van der Waals surface area (Å²) in [5.74, 6) is 0.196. The minimum Gasteiger partial charge on any atom is -0.280 e. The van der Waals surface area contributed by atoms with Crippen LogP contribution in [0.5, 0.6) is 0 Å². The molecule has 0 radical (unpaired) electrons.